The highest BCUT2D eigenvalue weighted by molar-refractivity contribution is 5.91. The summed E-state index contributed by atoms with van der Waals surface area (Å²) in [6, 6.07) is 7.09. The number of anilines is 1. The number of hydrogen-bond donors (Lipinski definition) is 3. The van der Waals surface area contributed by atoms with Crippen LogP contribution in [0, 0.1) is 5.92 Å². The van der Waals surface area contributed by atoms with Gasteiger partial charge in [-0.05, 0) is 25.0 Å². The monoisotopic (exact) mass is 292 g/mol. The highest BCUT2D eigenvalue weighted by Crippen LogP contribution is 2.24. The number of ether oxygens (including phenoxy) is 1. The second kappa shape index (κ2) is 6.83. The minimum atomic E-state index is -0.169. The number of amidine groups is 1. The summed E-state index contributed by atoms with van der Waals surface area (Å²) in [6.07, 6.45) is 1.38. The van der Waals surface area contributed by atoms with Gasteiger partial charge in [0.2, 0.25) is 0 Å². The Morgan fingerprint density at radius 2 is 2.10 bits per heavy atom. The molecule has 2 amide bonds. The number of nitrogens with zero attached hydrogens (tertiary/aromatic N) is 2. The lowest BCUT2D eigenvalue weighted by atomic mass is 9.96. The van der Waals surface area contributed by atoms with Crippen LogP contribution in [0.3, 0.4) is 0 Å². The number of benzene rings is 1. The first-order chi connectivity index (χ1) is 10.2. The van der Waals surface area contributed by atoms with E-state index in [1.807, 2.05) is 12.1 Å². The number of carbonyl (C=O) groups is 1. The topological polar surface area (TPSA) is 100 Å². The Morgan fingerprint density at radius 1 is 1.43 bits per heavy atom. The van der Waals surface area contributed by atoms with Gasteiger partial charge < -0.3 is 25.9 Å². The van der Waals surface area contributed by atoms with Crippen molar-refractivity contribution in [1.29, 1.82) is 0 Å². The molecule has 0 aromatic heterocycles. The first-order valence-corrected chi connectivity index (χ1v) is 6.82. The largest absolute Gasteiger partial charge is 0.495 e. The van der Waals surface area contributed by atoms with Crippen molar-refractivity contribution in [1.82, 2.24) is 4.90 Å². The molecule has 4 N–H and O–H groups in total. The molecule has 1 aromatic carbocycles. The van der Waals surface area contributed by atoms with Crippen molar-refractivity contribution in [3.05, 3.63) is 24.3 Å². The Labute approximate surface area is 123 Å². The lowest BCUT2D eigenvalue weighted by Gasteiger charge is -2.31. The molecule has 7 nitrogen and oxygen atoms in total. The molecule has 114 valence electrons. The van der Waals surface area contributed by atoms with Crippen molar-refractivity contribution in [2.45, 2.75) is 12.8 Å². The van der Waals surface area contributed by atoms with E-state index in [0.29, 0.717) is 37.4 Å². The van der Waals surface area contributed by atoms with Gasteiger partial charge in [-0.1, -0.05) is 17.3 Å². The predicted molar refractivity (Wildman–Crippen MR) is 79.7 cm³/mol. The molecule has 1 aromatic rings. The Balaban J connectivity index is 1.93. The van der Waals surface area contributed by atoms with Gasteiger partial charge in [0.1, 0.15) is 11.6 Å². The quantitative estimate of drug-likeness (QED) is 0.341. The fourth-order valence-electron chi connectivity index (χ4n) is 2.40. The zero-order valence-corrected chi connectivity index (χ0v) is 12.0. The van der Waals surface area contributed by atoms with E-state index in [4.69, 9.17) is 15.7 Å². The third-order valence-electron chi connectivity index (χ3n) is 3.66. The van der Waals surface area contributed by atoms with Crippen LogP contribution >= 0.6 is 0 Å². The van der Waals surface area contributed by atoms with Crippen LogP contribution in [0.25, 0.3) is 0 Å². The maximum atomic E-state index is 12.2. The van der Waals surface area contributed by atoms with Crippen molar-refractivity contribution in [2.24, 2.45) is 16.8 Å². The lowest BCUT2D eigenvalue weighted by Crippen LogP contribution is -2.43. The first-order valence-electron chi connectivity index (χ1n) is 6.82. The molecule has 1 fully saturated rings. The molecule has 1 saturated heterocycles. The summed E-state index contributed by atoms with van der Waals surface area (Å²) in [5, 5.41) is 14.5. The van der Waals surface area contributed by atoms with Crippen molar-refractivity contribution >= 4 is 17.6 Å². The molecule has 0 spiro atoms. The average Bonchev–Trinajstić information content (AvgIpc) is 2.54. The van der Waals surface area contributed by atoms with Gasteiger partial charge in [-0.2, -0.15) is 0 Å². The summed E-state index contributed by atoms with van der Waals surface area (Å²) in [7, 11) is 1.56. The van der Waals surface area contributed by atoms with E-state index in [1.165, 1.54) is 0 Å². The van der Waals surface area contributed by atoms with Crippen LogP contribution in [0.4, 0.5) is 10.5 Å². The van der Waals surface area contributed by atoms with E-state index in [1.54, 1.807) is 24.1 Å². The van der Waals surface area contributed by atoms with Crippen LogP contribution in [0.1, 0.15) is 12.8 Å². The summed E-state index contributed by atoms with van der Waals surface area (Å²) >= 11 is 0. The zero-order valence-electron chi connectivity index (χ0n) is 12.0. The second-order valence-electron chi connectivity index (χ2n) is 4.92. The zero-order chi connectivity index (χ0) is 15.2. The summed E-state index contributed by atoms with van der Waals surface area (Å²) in [5.74, 6) is 0.891. The first kappa shape index (κ1) is 15.0. The summed E-state index contributed by atoms with van der Waals surface area (Å²) in [6.45, 7) is 1.14. The number of amides is 2. The molecule has 0 atom stereocenters. The van der Waals surface area contributed by atoms with Crippen molar-refractivity contribution < 1.29 is 14.7 Å². The van der Waals surface area contributed by atoms with Crippen LogP contribution in [-0.4, -0.2) is 42.2 Å². The Bertz CT molecular complexity index is 525. The molecule has 0 bridgehead atoms. The number of piperidine rings is 1. The van der Waals surface area contributed by atoms with Gasteiger partial charge in [0.15, 0.2) is 0 Å². The standard InChI is InChI=1S/C14H20N4O3/c1-21-12-5-3-2-4-11(12)16-14(19)18-8-6-10(7-9-18)13(15)17-20/h2-5,10,20H,6-9H2,1H3,(H2,15,17)(H,16,19). The predicted octanol–water partition coefficient (Wildman–Crippen LogP) is 1.69. The van der Waals surface area contributed by atoms with Crippen molar-refractivity contribution in [3.63, 3.8) is 0 Å². The van der Waals surface area contributed by atoms with Gasteiger partial charge in [-0.3, -0.25) is 0 Å². The number of para-hydroxylation sites is 2. The highest BCUT2D eigenvalue weighted by Gasteiger charge is 2.25. The Hall–Kier alpha value is -2.44. The lowest BCUT2D eigenvalue weighted by molar-refractivity contribution is 0.192. The number of rotatable bonds is 3. The third-order valence-corrected chi connectivity index (χ3v) is 3.66. The third kappa shape index (κ3) is 3.56. The molecule has 0 aliphatic carbocycles. The van der Waals surface area contributed by atoms with E-state index < -0.39 is 0 Å². The normalized spacial score (nSPS) is 16.6. The van der Waals surface area contributed by atoms with Crippen LogP contribution in [0.5, 0.6) is 5.75 Å². The molecular formula is C14H20N4O3. The summed E-state index contributed by atoms with van der Waals surface area (Å²) in [5.41, 5.74) is 6.24. The minimum Gasteiger partial charge on any atom is -0.495 e. The number of likely N-dealkylation sites (tertiary alicyclic amines) is 1. The maximum absolute atomic E-state index is 12.2. The van der Waals surface area contributed by atoms with Gasteiger partial charge in [0.05, 0.1) is 12.8 Å². The van der Waals surface area contributed by atoms with Gasteiger partial charge >= 0.3 is 6.03 Å². The smallest absolute Gasteiger partial charge is 0.321 e. The Kier molecular flexibility index (Phi) is 4.86. The molecular weight excluding hydrogens is 272 g/mol. The van der Waals surface area contributed by atoms with E-state index in [9.17, 15) is 4.79 Å². The summed E-state index contributed by atoms with van der Waals surface area (Å²) in [4.78, 5) is 13.9. The number of oxime groups is 1. The number of methoxy groups -OCH3 is 1. The molecule has 21 heavy (non-hydrogen) atoms. The van der Waals surface area contributed by atoms with E-state index in [2.05, 4.69) is 10.5 Å². The molecule has 1 aliphatic rings. The minimum absolute atomic E-state index is 0.0327. The molecule has 0 saturated carbocycles. The number of carbonyl (C=O) groups excluding carboxylic acids is 1. The fourth-order valence-corrected chi connectivity index (χ4v) is 2.40. The van der Waals surface area contributed by atoms with Crippen LogP contribution in [0.15, 0.2) is 29.4 Å². The van der Waals surface area contributed by atoms with Crippen molar-refractivity contribution in [2.75, 3.05) is 25.5 Å². The van der Waals surface area contributed by atoms with Gasteiger partial charge in [0.25, 0.3) is 0 Å². The number of nitrogens with two attached hydrogens (primary N) is 1. The SMILES string of the molecule is COc1ccccc1NC(=O)N1CCC(C(N)=NO)CC1. The summed E-state index contributed by atoms with van der Waals surface area (Å²) < 4.78 is 5.20. The average molecular weight is 292 g/mol. The van der Waals surface area contributed by atoms with Crippen LogP contribution in [-0.2, 0) is 0 Å². The van der Waals surface area contributed by atoms with Crippen LogP contribution in [0.2, 0.25) is 0 Å². The fraction of sp³-hybridized carbons (Fsp3) is 0.429. The van der Waals surface area contributed by atoms with E-state index >= 15 is 0 Å². The number of hydrogen-bond acceptors (Lipinski definition) is 4. The van der Waals surface area contributed by atoms with Gasteiger partial charge in [-0.25, -0.2) is 4.79 Å². The maximum Gasteiger partial charge on any atom is 0.321 e. The second-order valence-corrected chi connectivity index (χ2v) is 4.92. The molecule has 7 heteroatoms. The van der Waals surface area contributed by atoms with Crippen molar-refractivity contribution in [3.8, 4) is 5.75 Å². The molecule has 1 heterocycles. The van der Waals surface area contributed by atoms with Gasteiger partial charge in [-0.15, -0.1) is 0 Å². The highest BCUT2D eigenvalue weighted by atomic mass is 16.5. The molecule has 1 aliphatic heterocycles. The van der Waals surface area contributed by atoms with Gasteiger partial charge in [0, 0.05) is 19.0 Å². The van der Waals surface area contributed by atoms with Crippen LogP contribution < -0.4 is 15.8 Å². The van der Waals surface area contributed by atoms with E-state index in [0.717, 1.165) is 0 Å². The van der Waals surface area contributed by atoms with E-state index in [-0.39, 0.29) is 17.8 Å². The molecule has 0 unspecified atom stereocenters. The Morgan fingerprint density at radius 3 is 2.71 bits per heavy atom. The molecule has 2 rings (SSSR count). The number of urea groups is 1. The number of nitrogens with one attached hydrogen (secondary N) is 1. The molecule has 0 radical (unpaired) electrons.